The van der Waals surface area contributed by atoms with Gasteiger partial charge in [-0.3, -0.25) is 14.2 Å². The van der Waals surface area contributed by atoms with Crippen LogP contribution in [0.2, 0.25) is 0 Å². The number of carbonyl (C=O) groups is 1. The highest BCUT2D eigenvalue weighted by molar-refractivity contribution is 6.16. The first-order chi connectivity index (χ1) is 9.36. The fraction of sp³-hybridized carbons (Fsp3) is 0.357. The summed E-state index contributed by atoms with van der Waals surface area (Å²) >= 11 is 5.91. The standard InChI is InChI=1S/C14H16ClN3O2/c1-14(2,7-11(16)19)18-12(8-15)17-10-6-4-3-5-9(10)13(18)20/h3-6H,7-8H2,1-2H3,(H2,16,19). The quantitative estimate of drug-likeness (QED) is 0.872. The van der Waals surface area contributed by atoms with Crippen molar-refractivity contribution in [3.05, 3.63) is 40.4 Å². The molecule has 0 aliphatic rings. The van der Waals surface area contributed by atoms with Crippen LogP contribution in [0.3, 0.4) is 0 Å². The van der Waals surface area contributed by atoms with Crippen LogP contribution in [0.4, 0.5) is 0 Å². The lowest BCUT2D eigenvalue weighted by Gasteiger charge is -2.28. The molecular weight excluding hydrogens is 278 g/mol. The van der Waals surface area contributed by atoms with E-state index in [1.807, 2.05) is 6.07 Å². The van der Waals surface area contributed by atoms with Gasteiger partial charge in [-0.15, -0.1) is 11.6 Å². The highest BCUT2D eigenvalue weighted by Crippen LogP contribution is 2.21. The minimum Gasteiger partial charge on any atom is -0.370 e. The average Bonchev–Trinajstić information content (AvgIpc) is 2.36. The molecule has 0 unspecified atom stereocenters. The summed E-state index contributed by atoms with van der Waals surface area (Å²) in [6.45, 7) is 3.54. The highest BCUT2D eigenvalue weighted by Gasteiger charge is 2.27. The third-order valence-electron chi connectivity index (χ3n) is 3.18. The molecule has 0 fully saturated rings. The number of para-hydroxylation sites is 1. The summed E-state index contributed by atoms with van der Waals surface area (Å²) in [7, 11) is 0. The molecule has 0 aliphatic heterocycles. The van der Waals surface area contributed by atoms with Gasteiger partial charge in [0.25, 0.3) is 5.56 Å². The molecule has 0 saturated heterocycles. The maximum atomic E-state index is 12.6. The Bertz CT molecular complexity index is 722. The van der Waals surface area contributed by atoms with Crippen LogP contribution >= 0.6 is 11.6 Å². The maximum Gasteiger partial charge on any atom is 0.261 e. The summed E-state index contributed by atoms with van der Waals surface area (Å²) in [5.74, 6) is 0.0413. The van der Waals surface area contributed by atoms with E-state index in [1.165, 1.54) is 4.57 Å². The van der Waals surface area contributed by atoms with Gasteiger partial charge in [-0.2, -0.15) is 0 Å². The third kappa shape index (κ3) is 2.54. The zero-order valence-corrected chi connectivity index (χ0v) is 12.1. The summed E-state index contributed by atoms with van der Waals surface area (Å²) in [6, 6.07) is 7.06. The molecule has 0 saturated carbocycles. The number of alkyl halides is 1. The van der Waals surface area contributed by atoms with Crippen molar-refractivity contribution < 1.29 is 4.79 Å². The molecule has 2 rings (SSSR count). The first-order valence-electron chi connectivity index (χ1n) is 6.22. The summed E-state index contributed by atoms with van der Waals surface area (Å²) in [5.41, 5.74) is 4.87. The van der Waals surface area contributed by atoms with Gasteiger partial charge >= 0.3 is 0 Å². The SMILES string of the molecule is CC(C)(CC(N)=O)n1c(CCl)nc2ccccc2c1=O. The number of benzene rings is 1. The van der Waals surface area contributed by atoms with Crippen molar-refractivity contribution in [2.75, 3.05) is 0 Å². The molecule has 0 atom stereocenters. The molecule has 1 heterocycles. The summed E-state index contributed by atoms with van der Waals surface area (Å²) in [4.78, 5) is 28.3. The van der Waals surface area contributed by atoms with Crippen LogP contribution in [-0.4, -0.2) is 15.5 Å². The van der Waals surface area contributed by atoms with E-state index in [0.29, 0.717) is 16.7 Å². The fourth-order valence-electron chi connectivity index (χ4n) is 2.40. The summed E-state index contributed by atoms with van der Waals surface area (Å²) in [6.07, 6.45) is 0.0385. The second-order valence-electron chi connectivity index (χ2n) is 5.27. The van der Waals surface area contributed by atoms with Crippen LogP contribution in [-0.2, 0) is 16.2 Å². The van der Waals surface area contributed by atoms with Gasteiger partial charge in [-0.25, -0.2) is 4.98 Å². The van der Waals surface area contributed by atoms with E-state index < -0.39 is 11.4 Å². The first-order valence-corrected chi connectivity index (χ1v) is 6.75. The molecule has 6 heteroatoms. The lowest BCUT2D eigenvalue weighted by Crippen LogP contribution is -2.41. The Balaban J connectivity index is 2.77. The Morgan fingerprint density at radius 2 is 2.05 bits per heavy atom. The largest absolute Gasteiger partial charge is 0.370 e. The maximum absolute atomic E-state index is 12.6. The predicted molar refractivity (Wildman–Crippen MR) is 78.7 cm³/mol. The van der Waals surface area contributed by atoms with Gasteiger partial charge in [-0.05, 0) is 26.0 Å². The van der Waals surface area contributed by atoms with Gasteiger partial charge in [0.1, 0.15) is 5.82 Å². The van der Waals surface area contributed by atoms with Crippen LogP contribution in [0, 0.1) is 0 Å². The van der Waals surface area contributed by atoms with Crippen LogP contribution in [0.25, 0.3) is 10.9 Å². The molecule has 0 radical (unpaired) electrons. The van der Waals surface area contributed by atoms with Crippen LogP contribution < -0.4 is 11.3 Å². The molecule has 20 heavy (non-hydrogen) atoms. The van der Waals surface area contributed by atoms with Crippen LogP contribution in [0.5, 0.6) is 0 Å². The number of amides is 1. The number of nitrogens with two attached hydrogens (primary N) is 1. The number of fused-ring (bicyclic) bond motifs is 1. The predicted octanol–water partition coefficient (Wildman–Crippen LogP) is 1.75. The zero-order chi connectivity index (χ0) is 14.9. The van der Waals surface area contributed by atoms with E-state index in [1.54, 1.807) is 32.0 Å². The number of carbonyl (C=O) groups excluding carboxylic acids is 1. The van der Waals surface area contributed by atoms with E-state index in [4.69, 9.17) is 17.3 Å². The monoisotopic (exact) mass is 293 g/mol. The Morgan fingerprint density at radius 3 is 2.65 bits per heavy atom. The lowest BCUT2D eigenvalue weighted by molar-refractivity contribution is -0.119. The van der Waals surface area contributed by atoms with Crippen molar-refractivity contribution in [1.82, 2.24) is 9.55 Å². The zero-order valence-electron chi connectivity index (χ0n) is 11.4. The molecule has 5 nitrogen and oxygen atoms in total. The van der Waals surface area contributed by atoms with Crippen LogP contribution in [0.15, 0.2) is 29.1 Å². The molecule has 2 N–H and O–H groups in total. The van der Waals surface area contributed by atoms with E-state index in [0.717, 1.165) is 0 Å². The first kappa shape index (κ1) is 14.5. The van der Waals surface area contributed by atoms with E-state index in [2.05, 4.69) is 4.98 Å². The smallest absolute Gasteiger partial charge is 0.261 e. The second-order valence-corrected chi connectivity index (χ2v) is 5.54. The van der Waals surface area contributed by atoms with Gasteiger partial charge in [-0.1, -0.05) is 12.1 Å². The Kier molecular flexibility index (Phi) is 3.81. The average molecular weight is 294 g/mol. The molecule has 2 aromatic rings. The Labute approximate surface area is 121 Å². The number of nitrogens with zero attached hydrogens (tertiary/aromatic N) is 2. The lowest BCUT2D eigenvalue weighted by atomic mass is 9.99. The molecular formula is C14H16ClN3O2. The molecule has 1 aromatic carbocycles. The van der Waals surface area contributed by atoms with Gasteiger partial charge in [0.05, 0.1) is 22.3 Å². The van der Waals surface area contributed by atoms with Crippen molar-refractivity contribution >= 4 is 28.4 Å². The van der Waals surface area contributed by atoms with Gasteiger partial charge in [0.2, 0.25) is 5.91 Å². The molecule has 1 amide bonds. The van der Waals surface area contributed by atoms with E-state index in [-0.39, 0.29) is 17.9 Å². The minimum absolute atomic E-state index is 0.0385. The summed E-state index contributed by atoms with van der Waals surface area (Å²) < 4.78 is 1.47. The third-order valence-corrected chi connectivity index (χ3v) is 3.42. The van der Waals surface area contributed by atoms with Gasteiger partial charge in [0, 0.05) is 6.42 Å². The van der Waals surface area contributed by atoms with Crippen molar-refractivity contribution in [3.8, 4) is 0 Å². The van der Waals surface area contributed by atoms with Crippen molar-refractivity contribution in [1.29, 1.82) is 0 Å². The minimum atomic E-state index is -0.774. The van der Waals surface area contributed by atoms with Crippen LogP contribution in [0.1, 0.15) is 26.1 Å². The number of aromatic nitrogens is 2. The molecule has 0 spiro atoms. The summed E-state index contributed by atoms with van der Waals surface area (Å²) in [5, 5.41) is 0.499. The van der Waals surface area contributed by atoms with Gasteiger partial charge in [0.15, 0.2) is 0 Å². The van der Waals surface area contributed by atoms with Crippen molar-refractivity contribution in [3.63, 3.8) is 0 Å². The topological polar surface area (TPSA) is 78.0 Å². The van der Waals surface area contributed by atoms with Crippen molar-refractivity contribution in [2.24, 2.45) is 5.73 Å². The number of halogens is 1. The second kappa shape index (κ2) is 5.25. The Hall–Kier alpha value is -1.88. The number of hydrogen-bond donors (Lipinski definition) is 1. The molecule has 1 aromatic heterocycles. The highest BCUT2D eigenvalue weighted by atomic mass is 35.5. The van der Waals surface area contributed by atoms with Crippen molar-refractivity contribution in [2.45, 2.75) is 31.7 Å². The number of primary amides is 1. The number of hydrogen-bond acceptors (Lipinski definition) is 3. The van der Waals surface area contributed by atoms with E-state index in [9.17, 15) is 9.59 Å². The fourth-order valence-corrected chi connectivity index (χ4v) is 2.58. The number of rotatable bonds is 4. The molecule has 0 aliphatic carbocycles. The molecule has 106 valence electrons. The Morgan fingerprint density at radius 1 is 1.40 bits per heavy atom. The molecule has 0 bridgehead atoms. The van der Waals surface area contributed by atoms with Gasteiger partial charge < -0.3 is 5.73 Å². The normalized spacial score (nSPS) is 11.8. The van der Waals surface area contributed by atoms with E-state index >= 15 is 0 Å².